The summed E-state index contributed by atoms with van der Waals surface area (Å²) >= 11 is 0. The number of hydrogen-bond donors (Lipinski definition) is 1. The molecule has 2 aliphatic rings. The summed E-state index contributed by atoms with van der Waals surface area (Å²) in [5, 5.41) is 2.96. The van der Waals surface area contributed by atoms with Crippen molar-refractivity contribution in [2.75, 3.05) is 49.5 Å². The lowest BCUT2D eigenvalue weighted by atomic mass is 9.94. The highest BCUT2D eigenvalue weighted by atomic mass is 19.1. The first-order valence-electron chi connectivity index (χ1n) is 11.4. The van der Waals surface area contributed by atoms with Crippen LogP contribution in [0.5, 0.6) is 0 Å². The van der Waals surface area contributed by atoms with Crippen molar-refractivity contribution in [1.82, 2.24) is 9.80 Å². The minimum atomic E-state index is -0.239. The number of carbonyl (C=O) groups excluding carboxylic acids is 2. The summed E-state index contributed by atoms with van der Waals surface area (Å²) < 4.78 is 13.1. The monoisotopic (exact) mass is 438 g/mol. The molecule has 6 nitrogen and oxygen atoms in total. The van der Waals surface area contributed by atoms with Crippen LogP contribution in [0.1, 0.15) is 24.8 Å². The average molecular weight is 439 g/mol. The van der Waals surface area contributed by atoms with Crippen molar-refractivity contribution in [1.29, 1.82) is 0 Å². The fourth-order valence-corrected chi connectivity index (χ4v) is 4.50. The number of aryl methyl sites for hydroxylation is 1. The zero-order chi connectivity index (χ0) is 22.5. The second kappa shape index (κ2) is 10.0. The molecule has 3 amide bonds. The van der Waals surface area contributed by atoms with Crippen LogP contribution in [0.2, 0.25) is 0 Å². The van der Waals surface area contributed by atoms with E-state index in [2.05, 4.69) is 10.2 Å². The lowest BCUT2D eigenvalue weighted by Gasteiger charge is -2.38. The summed E-state index contributed by atoms with van der Waals surface area (Å²) in [7, 11) is 0. The Morgan fingerprint density at radius 3 is 2.31 bits per heavy atom. The number of piperidine rings is 1. The largest absolute Gasteiger partial charge is 0.368 e. The summed E-state index contributed by atoms with van der Waals surface area (Å²) in [6, 6.07) is 14.2. The predicted octanol–water partition coefficient (Wildman–Crippen LogP) is 4.12. The molecule has 2 aliphatic heterocycles. The van der Waals surface area contributed by atoms with E-state index < -0.39 is 0 Å². The van der Waals surface area contributed by atoms with Crippen molar-refractivity contribution in [2.24, 2.45) is 5.92 Å². The van der Waals surface area contributed by atoms with Crippen molar-refractivity contribution in [2.45, 2.75) is 26.2 Å². The van der Waals surface area contributed by atoms with Gasteiger partial charge in [-0.1, -0.05) is 17.7 Å². The third-order valence-corrected chi connectivity index (χ3v) is 6.40. The van der Waals surface area contributed by atoms with Crippen LogP contribution in [0.15, 0.2) is 48.5 Å². The van der Waals surface area contributed by atoms with Gasteiger partial charge in [-0.2, -0.15) is 0 Å². The highest BCUT2D eigenvalue weighted by Gasteiger charge is 2.28. The number of urea groups is 1. The zero-order valence-electron chi connectivity index (χ0n) is 18.6. The Morgan fingerprint density at radius 2 is 1.62 bits per heavy atom. The molecule has 2 fully saturated rings. The molecule has 4 rings (SSSR count). The fourth-order valence-electron chi connectivity index (χ4n) is 4.50. The minimum Gasteiger partial charge on any atom is -0.368 e. The Kier molecular flexibility index (Phi) is 6.93. The third kappa shape index (κ3) is 5.58. The molecule has 0 unspecified atom stereocenters. The van der Waals surface area contributed by atoms with E-state index >= 15 is 0 Å². The number of carbonyl (C=O) groups is 2. The highest BCUT2D eigenvalue weighted by molar-refractivity contribution is 5.89. The van der Waals surface area contributed by atoms with Gasteiger partial charge in [0.25, 0.3) is 0 Å². The molecule has 32 heavy (non-hydrogen) atoms. The van der Waals surface area contributed by atoms with E-state index in [0.717, 1.165) is 49.4 Å². The van der Waals surface area contributed by atoms with Crippen LogP contribution in [-0.2, 0) is 4.79 Å². The van der Waals surface area contributed by atoms with E-state index in [4.69, 9.17) is 0 Å². The Hall–Kier alpha value is -3.09. The summed E-state index contributed by atoms with van der Waals surface area (Å²) in [6.07, 6.45) is 2.36. The van der Waals surface area contributed by atoms with Gasteiger partial charge in [-0.3, -0.25) is 4.79 Å². The van der Waals surface area contributed by atoms with Gasteiger partial charge in [0.2, 0.25) is 5.91 Å². The topological polar surface area (TPSA) is 55.9 Å². The molecule has 0 bridgehead atoms. The summed E-state index contributed by atoms with van der Waals surface area (Å²) in [4.78, 5) is 31.5. The SMILES string of the molecule is Cc1ccc(NC(=O)N2CCC[C@H](CC(=O)N3CCN(c4ccc(F)cc4)CC3)C2)cc1. The first-order chi connectivity index (χ1) is 15.5. The van der Waals surface area contributed by atoms with Crippen LogP contribution in [0.25, 0.3) is 0 Å². The van der Waals surface area contributed by atoms with Crippen molar-refractivity contribution in [3.05, 3.63) is 59.9 Å². The van der Waals surface area contributed by atoms with Gasteiger partial charge in [0, 0.05) is 57.1 Å². The maximum Gasteiger partial charge on any atom is 0.321 e. The van der Waals surface area contributed by atoms with E-state index in [1.54, 1.807) is 12.1 Å². The van der Waals surface area contributed by atoms with Gasteiger partial charge in [0.1, 0.15) is 5.82 Å². The maximum atomic E-state index is 13.1. The molecule has 1 N–H and O–H groups in total. The number of anilines is 2. The molecule has 0 aliphatic carbocycles. The Labute approximate surface area is 189 Å². The number of rotatable bonds is 4. The number of benzene rings is 2. The molecule has 0 radical (unpaired) electrons. The van der Waals surface area contributed by atoms with Crippen LogP contribution >= 0.6 is 0 Å². The second-order valence-electron chi connectivity index (χ2n) is 8.80. The van der Waals surface area contributed by atoms with E-state index in [0.29, 0.717) is 26.1 Å². The van der Waals surface area contributed by atoms with Gasteiger partial charge in [0.15, 0.2) is 0 Å². The number of nitrogens with one attached hydrogen (secondary N) is 1. The van der Waals surface area contributed by atoms with Gasteiger partial charge in [-0.25, -0.2) is 9.18 Å². The minimum absolute atomic E-state index is 0.0982. The molecule has 0 spiro atoms. The molecule has 2 aromatic rings. The quantitative estimate of drug-likeness (QED) is 0.781. The van der Waals surface area contributed by atoms with E-state index in [9.17, 15) is 14.0 Å². The van der Waals surface area contributed by atoms with Crippen molar-refractivity contribution < 1.29 is 14.0 Å². The van der Waals surface area contributed by atoms with Gasteiger partial charge in [-0.15, -0.1) is 0 Å². The lowest BCUT2D eigenvalue weighted by molar-refractivity contribution is -0.132. The number of nitrogens with zero attached hydrogens (tertiary/aromatic N) is 3. The van der Waals surface area contributed by atoms with Gasteiger partial charge >= 0.3 is 6.03 Å². The Bertz CT molecular complexity index is 924. The second-order valence-corrected chi connectivity index (χ2v) is 8.80. The van der Waals surface area contributed by atoms with E-state index in [-0.39, 0.29) is 23.7 Å². The highest BCUT2D eigenvalue weighted by Crippen LogP contribution is 2.23. The number of halogens is 1. The van der Waals surface area contributed by atoms with Gasteiger partial charge in [0.05, 0.1) is 0 Å². The number of piperazine rings is 1. The molecule has 7 heteroatoms. The maximum absolute atomic E-state index is 13.1. The lowest BCUT2D eigenvalue weighted by Crippen LogP contribution is -2.50. The molecule has 2 heterocycles. The zero-order valence-corrected chi connectivity index (χ0v) is 18.6. The number of amides is 3. The molecule has 0 aromatic heterocycles. The summed E-state index contributed by atoms with van der Waals surface area (Å²) in [5.41, 5.74) is 2.93. The van der Waals surface area contributed by atoms with Crippen molar-refractivity contribution >= 4 is 23.3 Å². The molecule has 170 valence electrons. The molecular weight excluding hydrogens is 407 g/mol. The van der Waals surface area contributed by atoms with Crippen LogP contribution in [0, 0.1) is 18.7 Å². The van der Waals surface area contributed by atoms with Crippen molar-refractivity contribution in [3.8, 4) is 0 Å². The molecule has 0 saturated carbocycles. The smallest absolute Gasteiger partial charge is 0.321 e. The standard InChI is InChI=1S/C25H31FN4O2/c1-19-4-8-22(9-5-19)27-25(32)30-12-2-3-20(18-30)17-24(31)29-15-13-28(14-16-29)23-10-6-21(26)7-11-23/h4-11,20H,2-3,12-18H2,1H3,(H,27,32)/t20-/m1/s1. The van der Waals surface area contributed by atoms with Crippen LogP contribution in [0.3, 0.4) is 0 Å². The Morgan fingerprint density at radius 1 is 0.938 bits per heavy atom. The summed E-state index contributed by atoms with van der Waals surface area (Å²) in [6.45, 7) is 6.17. The average Bonchev–Trinajstić information content (AvgIpc) is 2.81. The third-order valence-electron chi connectivity index (χ3n) is 6.40. The first kappa shape index (κ1) is 22.1. The van der Waals surface area contributed by atoms with Crippen LogP contribution < -0.4 is 10.2 Å². The Balaban J connectivity index is 1.25. The molecular formula is C25H31FN4O2. The van der Waals surface area contributed by atoms with E-state index in [1.807, 2.05) is 41.0 Å². The molecule has 2 aromatic carbocycles. The molecule has 2 saturated heterocycles. The number of likely N-dealkylation sites (tertiary alicyclic amines) is 1. The fraction of sp³-hybridized carbons (Fsp3) is 0.440. The van der Waals surface area contributed by atoms with Gasteiger partial charge in [-0.05, 0) is 62.1 Å². The normalized spacial score (nSPS) is 19.1. The van der Waals surface area contributed by atoms with E-state index in [1.165, 1.54) is 12.1 Å². The van der Waals surface area contributed by atoms with Gasteiger partial charge < -0.3 is 20.0 Å². The first-order valence-corrected chi connectivity index (χ1v) is 11.4. The predicted molar refractivity (Wildman–Crippen MR) is 124 cm³/mol. The van der Waals surface area contributed by atoms with Crippen LogP contribution in [-0.4, -0.2) is 61.0 Å². The number of hydrogen-bond acceptors (Lipinski definition) is 3. The van der Waals surface area contributed by atoms with Crippen molar-refractivity contribution in [3.63, 3.8) is 0 Å². The molecule has 1 atom stereocenters. The van der Waals surface area contributed by atoms with Crippen LogP contribution in [0.4, 0.5) is 20.6 Å². The summed E-state index contributed by atoms with van der Waals surface area (Å²) in [5.74, 6) is 0.112.